The molecule has 0 aromatic carbocycles. The molecule has 19 heteroatoms. The zero-order chi connectivity index (χ0) is 68.6. The largest absolute Gasteiger partial charge is 0.472 e. The van der Waals surface area contributed by atoms with Gasteiger partial charge in [0.25, 0.3) is 0 Å². The Bertz CT molecular complexity index is 1800. The Morgan fingerprint density at radius 1 is 0.290 bits per heavy atom. The van der Waals surface area contributed by atoms with Crippen LogP contribution in [0.2, 0.25) is 0 Å². The molecule has 0 spiro atoms. The summed E-state index contributed by atoms with van der Waals surface area (Å²) in [6.45, 7) is 9.48. The summed E-state index contributed by atoms with van der Waals surface area (Å²) < 4.78 is 68.4. The molecule has 0 radical (unpaired) electrons. The molecule has 17 nitrogen and oxygen atoms in total. The fourth-order valence-electron chi connectivity index (χ4n) is 11.3. The first-order valence-electron chi connectivity index (χ1n) is 38.5. The molecule has 0 aliphatic rings. The van der Waals surface area contributed by atoms with Crippen molar-refractivity contribution in [3.8, 4) is 0 Å². The number of carbonyl (C=O) groups excluding carboxylic acids is 4. The molecule has 0 bridgehead atoms. The number of hydrogen-bond donors (Lipinski definition) is 3. The van der Waals surface area contributed by atoms with Crippen molar-refractivity contribution < 1.29 is 80.2 Å². The number of phosphoric acid groups is 2. The number of ether oxygens (including phenoxy) is 4. The lowest BCUT2D eigenvalue weighted by atomic mass is 10.0. The van der Waals surface area contributed by atoms with Gasteiger partial charge in [0, 0.05) is 25.7 Å². The van der Waals surface area contributed by atoms with Gasteiger partial charge in [0.2, 0.25) is 0 Å². The van der Waals surface area contributed by atoms with E-state index in [1.807, 2.05) is 0 Å². The van der Waals surface area contributed by atoms with E-state index in [0.29, 0.717) is 31.6 Å². The van der Waals surface area contributed by atoms with Crippen molar-refractivity contribution in [1.29, 1.82) is 0 Å². The zero-order valence-corrected chi connectivity index (χ0v) is 62.3. The first kappa shape index (κ1) is 91.1. The van der Waals surface area contributed by atoms with Crippen LogP contribution >= 0.6 is 15.6 Å². The summed E-state index contributed by atoms with van der Waals surface area (Å²) in [5.74, 6) is -0.704. The van der Waals surface area contributed by atoms with Gasteiger partial charge in [-0.05, 0) is 37.5 Å². The Labute approximate surface area is 568 Å². The van der Waals surface area contributed by atoms with E-state index >= 15 is 0 Å². The molecule has 0 amide bonds. The predicted octanol–water partition coefficient (Wildman–Crippen LogP) is 21.6. The molecular formula is C74H144O17P2. The number of aliphatic hydroxyl groups excluding tert-OH is 1. The van der Waals surface area contributed by atoms with E-state index in [-0.39, 0.29) is 25.7 Å². The predicted molar refractivity (Wildman–Crippen MR) is 377 cm³/mol. The Morgan fingerprint density at radius 3 is 0.731 bits per heavy atom. The van der Waals surface area contributed by atoms with Crippen molar-refractivity contribution >= 4 is 39.5 Å². The van der Waals surface area contributed by atoms with Gasteiger partial charge in [-0.3, -0.25) is 37.3 Å². The standard InChI is InChI=1S/C74H144O17P2/c1-7-9-11-13-15-17-19-21-23-25-27-29-33-37-44-50-56-71(76)84-62-69(90-73(78)58-52-46-38-34-30-28-26-24-22-20-18-16-14-12-10-8-2)64-88-92(80,81)86-60-68(75)61-87-93(82,83)89-65-70(63-85-72(77)57-51-45-41-40-43-49-55-67(5)6)91-74(79)59-53-47-39-35-31-32-36-42-48-54-66(3)4/h66-70,75H,7-65H2,1-6H3,(H,80,81)(H,82,83)/t68-,69-,70-/m1/s1. The van der Waals surface area contributed by atoms with Gasteiger partial charge < -0.3 is 33.8 Å². The van der Waals surface area contributed by atoms with Gasteiger partial charge in [-0.25, -0.2) is 9.13 Å². The van der Waals surface area contributed by atoms with Crippen LogP contribution in [-0.4, -0.2) is 96.7 Å². The lowest BCUT2D eigenvalue weighted by Gasteiger charge is -2.21. The Kier molecular flexibility index (Phi) is 64.6. The summed E-state index contributed by atoms with van der Waals surface area (Å²) in [6.07, 6.45) is 52.9. The molecule has 3 N–H and O–H groups in total. The number of rotatable bonds is 73. The summed E-state index contributed by atoms with van der Waals surface area (Å²) in [5.41, 5.74) is 0. The van der Waals surface area contributed by atoms with Crippen LogP contribution in [0.4, 0.5) is 0 Å². The number of unbranched alkanes of at least 4 members (excludes halogenated alkanes) is 43. The molecule has 0 aliphatic heterocycles. The van der Waals surface area contributed by atoms with Crippen LogP contribution in [0.3, 0.4) is 0 Å². The Balaban J connectivity index is 5.23. The van der Waals surface area contributed by atoms with Gasteiger partial charge in [-0.15, -0.1) is 0 Å². The van der Waals surface area contributed by atoms with E-state index in [9.17, 15) is 43.2 Å². The summed E-state index contributed by atoms with van der Waals surface area (Å²) in [7, 11) is -9.91. The molecule has 0 rings (SSSR count). The van der Waals surface area contributed by atoms with Gasteiger partial charge >= 0.3 is 39.5 Å². The second-order valence-electron chi connectivity index (χ2n) is 27.6. The number of aliphatic hydroxyl groups is 1. The highest BCUT2D eigenvalue weighted by molar-refractivity contribution is 7.47. The highest BCUT2D eigenvalue weighted by Gasteiger charge is 2.30. The monoisotopic (exact) mass is 1370 g/mol. The molecule has 552 valence electrons. The van der Waals surface area contributed by atoms with Crippen LogP contribution < -0.4 is 0 Å². The summed E-state index contributed by atoms with van der Waals surface area (Å²) in [4.78, 5) is 72.7. The molecule has 5 atom stereocenters. The van der Waals surface area contributed by atoms with Gasteiger partial charge in [-0.1, -0.05) is 330 Å². The second-order valence-corrected chi connectivity index (χ2v) is 30.5. The number of phosphoric ester groups is 2. The van der Waals surface area contributed by atoms with Gasteiger partial charge in [0.05, 0.1) is 26.4 Å². The molecule has 2 unspecified atom stereocenters. The fourth-order valence-corrected chi connectivity index (χ4v) is 12.9. The minimum absolute atomic E-state index is 0.104. The van der Waals surface area contributed by atoms with Crippen molar-refractivity contribution in [2.45, 2.75) is 400 Å². The number of hydrogen-bond acceptors (Lipinski definition) is 15. The van der Waals surface area contributed by atoms with E-state index in [1.54, 1.807) is 0 Å². The van der Waals surface area contributed by atoms with Crippen molar-refractivity contribution in [1.82, 2.24) is 0 Å². The van der Waals surface area contributed by atoms with Gasteiger partial charge in [0.1, 0.15) is 19.3 Å². The molecule has 0 saturated carbocycles. The van der Waals surface area contributed by atoms with E-state index in [0.717, 1.165) is 102 Å². The molecule has 0 fully saturated rings. The first-order chi connectivity index (χ1) is 44.9. The maximum absolute atomic E-state index is 13.1. The van der Waals surface area contributed by atoms with Crippen LogP contribution in [0, 0.1) is 11.8 Å². The summed E-state index contributed by atoms with van der Waals surface area (Å²) >= 11 is 0. The van der Waals surface area contributed by atoms with Crippen molar-refractivity contribution in [2.24, 2.45) is 11.8 Å². The van der Waals surface area contributed by atoms with Crippen molar-refractivity contribution in [2.75, 3.05) is 39.6 Å². The second kappa shape index (κ2) is 66.0. The van der Waals surface area contributed by atoms with E-state index < -0.39 is 97.5 Å². The highest BCUT2D eigenvalue weighted by Crippen LogP contribution is 2.45. The fraction of sp³-hybridized carbons (Fsp3) is 0.946. The van der Waals surface area contributed by atoms with E-state index in [4.69, 9.17) is 37.0 Å². The van der Waals surface area contributed by atoms with Crippen molar-refractivity contribution in [3.05, 3.63) is 0 Å². The average Bonchev–Trinajstić information content (AvgIpc) is 3.73. The normalized spacial score (nSPS) is 14.1. The molecule has 0 aromatic heterocycles. The SMILES string of the molecule is CCCCCCCCCCCCCCCCCCC(=O)OC[C@H](COP(=O)(O)OC[C@@H](O)COP(=O)(O)OC[C@@H](COC(=O)CCCCCCCCC(C)C)OC(=O)CCCCCCCCCCCC(C)C)OC(=O)CCCCCCCCCCCCCCCCCC. The topological polar surface area (TPSA) is 237 Å². The minimum Gasteiger partial charge on any atom is -0.462 e. The lowest BCUT2D eigenvalue weighted by molar-refractivity contribution is -0.161. The van der Waals surface area contributed by atoms with Crippen LogP contribution in [-0.2, 0) is 65.4 Å². The third kappa shape index (κ3) is 68.4. The number of esters is 4. The highest BCUT2D eigenvalue weighted by atomic mass is 31.2. The maximum atomic E-state index is 13.1. The molecule has 0 heterocycles. The third-order valence-electron chi connectivity index (χ3n) is 17.2. The van der Waals surface area contributed by atoms with Crippen molar-refractivity contribution in [3.63, 3.8) is 0 Å². The van der Waals surface area contributed by atoms with Crippen LogP contribution in [0.25, 0.3) is 0 Å². The first-order valence-corrected chi connectivity index (χ1v) is 41.5. The average molecular weight is 1370 g/mol. The van der Waals surface area contributed by atoms with E-state index in [1.165, 1.54) is 193 Å². The molecule has 0 aliphatic carbocycles. The van der Waals surface area contributed by atoms with E-state index in [2.05, 4.69) is 41.5 Å². The van der Waals surface area contributed by atoms with Gasteiger partial charge in [0.15, 0.2) is 12.2 Å². The lowest BCUT2D eigenvalue weighted by Crippen LogP contribution is -2.30. The molecule has 0 aromatic rings. The number of carbonyl (C=O) groups is 4. The molecule has 93 heavy (non-hydrogen) atoms. The Hall–Kier alpha value is -1.94. The Morgan fingerprint density at radius 2 is 0.495 bits per heavy atom. The van der Waals surface area contributed by atoms with Crippen LogP contribution in [0.15, 0.2) is 0 Å². The minimum atomic E-state index is -4.96. The van der Waals surface area contributed by atoms with Crippen LogP contribution in [0.5, 0.6) is 0 Å². The van der Waals surface area contributed by atoms with Gasteiger partial charge in [-0.2, -0.15) is 0 Å². The smallest absolute Gasteiger partial charge is 0.462 e. The quantitative estimate of drug-likeness (QED) is 0.0222. The van der Waals surface area contributed by atoms with Crippen LogP contribution in [0.1, 0.15) is 382 Å². The third-order valence-corrected chi connectivity index (χ3v) is 19.1. The zero-order valence-electron chi connectivity index (χ0n) is 60.6. The molecular weight excluding hydrogens is 1220 g/mol. The molecule has 0 saturated heterocycles. The maximum Gasteiger partial charge on any atom is 0.472 e. The summed E-state index contributed by atoms with van der Waals surface area (Å²) in [6, 6.07) is 0. The summed E-state index contributed by atoms with van der Waals surface area (Å²) in [5, 5.41) is 10.6.